The van der Waals surface area contributed by atoms with E-state index >= 15 is 0 Å². The van der Waals surface area contributed by atoms with Gasteiger partial charge in [-0.15, -0.1) is 0 Å². The summed E-state index contributed by atoms with van der Waals surface area (Å²) in [6.07, 6.45) is 1.10. The van der Waals surface area contributed by atoms with Crippen LogP contribution in [0.4, 0.5) is 0 Å². The van der Waals surface area contributed by atoms with Crippen molar-refractivity contribution in [1.82, 2.24) is 0 Å². The fourth-order valence-electron chi connectivity index (χ4n) is 0. The lowest BCUT2D eigenvalue weighted by molar-refractivity contribution is -0.159. The number of hydrogen-bond acceptors (Lipinski definition) is 5. The van der Waals surface area contributed by atoms with E-state index in [2.05, 4.69) is 6.92 Å². The SMILES string of the molecule is CCCN.O=C(O)C(=O)O.O=C(O)C(=O)O. The first kappa shape index (κ1) is 19.4. The molecule has 0 rings (SSSR count). The molecule has 0 aromatic carbocycles. The molecule has 0 bridgehead atoms. The highest BCUT2D eigenvalue weighted by Crippen LogP contribution is 1.57. The number of rotatable bonds is 1. The largest absolute Gasteiger partial charge is 0.473 e. The van der Waals surface area contributed by atoms with E-state index in [1.165, 1.54) is 0 Å². The van der Waals surface area contributed by atoms with Gasteiger partial charge in [-0.25, -0.2) is 19.2 Å². The molecular weight excluding hydrogens is 226 g/mol. The number of carbonyl (C=O) groups is 4. The topological polar surface area (TPSA) is 175 Å². The molecule has 0 aliphatic carbocycles. The lowest BCUT2D eigenvalue weighted by atomic mass is 10.5. The number of carboxylic acids is 4. The molecule has 0 aromatic heterocycles. The third-order valence-electron chi connectivity index (χ3n) is 0.655. The summed E-state index contributed by atoms with van der Waals surface area (Å²) >= 11 is 0. The highest BCUT2D eigenvalue weighted by molar-refractivity contribution is 6.27. The standard InChI is InChI=1S/C3H9N.2C2H2O4/c1-2-3-4;2*3-1(4)2(5)6/h2-4H2,1H3;2*(H,3,4)(H,5,6). The van der Waals surface area contributed by atoms with Crippen LogP contribution in [0.5, 0.6) is 0 Å². The molecule has 0 spiro atoms. The van der Waals surface area contributed by atoms with E-state index < -0.39 is 23.9 Å². The molecule has 0 amide bonds. The Labute approximate surface area is 90.1 Å². The predicted molar refractivity (Wildman–Crippen MR) is 49.9 cm³/mol. The highest BCUT2D eigenvalue weighted by atomic mass is 16.4. The van der Waals surface area contributed by atoms with E-state index in [-0.39, 0.29) is 0 Å². The molecule has 0 atom stereocenters. The first-order chi connectivity index (χ1) is 7.20. The van der Waals surface area contributed by atoms with Gasteiger partial charge in [0.25, 0.3) is 0 Å². The molecule has 0 aliphatic rings. The van der Waals surface area contributed by atoms with Gasteiger partial charge in [0.1, 0.15) is 0 Å². The van der Waals surface area contributed by atoms with E-state index in [0.717, 1.165) is 13.0 Å². The van der Waals surface area contributed by atoms with Crippen molar-refractivity contribution in [2.45, 2.75) is 13.3 Å². The zero-order chi connectivity index (χ0) is 13.7. The van der Waals surface area contributed by atoms with E-state index in [1.807, 2.05) is 0 Å². The average molecular weight is 239 g/mol. The summed E-state index contributed by atoms with van der Waals surface area (Å²) in [4.78, 5) is 36.4. The Bertz CT molecular complexity index is 199. The fraction of sp³-hybridized carbons (Fsp3) is 0.429. The molecule has 0 saturated heterocycles. The van der Waals surface area contributed by atoms with Crippen LogP contribution in [0.2, 0.25) is 0 Å². The summed E-state index contributed by atoms with van der Waals surface area (Å²) in [5.41, 5.74) is 5.03. The quantitative estimate of drug-likeness (QED) is 0.347. The molecule has 0 aliphatic heterocycles. The summed E-state index contributed by atoms with van der Waals surface area (Å²) in [5.74, 6) is -7.30. The Kier molecular flexibility index (Phi) is 15.6. The van der Waals surface area contributed by atoms with Gasteiger partial charge in [0.05, 0.1) is 0 Å². The van der Waals surface area contributed by atoms with Crippen LogP contribution >= 0.6 is 0 Å². The van der Waals surface area contributed by atoms with Gasteiger partial charge in [-0.1, -0.05) is 6.92 Å². The highest BCUT2D eigenvalue weighted by Gasteiger charge is 2.04. The molecule has 0 aromatic rings. The minimum absolute atomic E-state index is 0.819. The lowest BCUT2D eigenvalue weighted by Gasteiger charge is -1.72. The third kappa shape index (κ3) is 29.7. The maximum absolute atomic E-state index is 9.10. The smallest absolute Gasteiger partial charge is 0.414 e. The Morgan fingerprint density at radius 3 is 0.938 bits per heavy atom. The van der Waals surface area contributed by atoms with Crippen molar-refractivity contribution in [2.24, 2.45) is 5.73 Å². The van der Waals surface area contributed by atoms with Gasteiger partial charge >= 0.3 is 23.9 Å². The fourth-order valence-corrected chi connectivity index (χ4v) is 0. The van der Waals surface area contributed by atoms with Gasteiger partial charge in [0.15, 0.2) is 0 Å². The van der Waals surface area contributed by atoms with Crippen LogP contribution in [0.25, 0.3) is 0 Å². The molecule has 0 radical (unpaired) electrons. The molecule has 94 valence electrons. The second-order valence-electron chi connectivity index (χ2n) is 2.01. The van der Waals surface area contributed by atoms with Gasteiger partial charge in [0, 0.05) is 0 Å². The molecular formula is C7H13NO8. The maximum atomic E-state index is 9.10. The van der Waals surface area contributed by atoms with Gasteiger partial charge in [0.2, 0.25) is 0 Å². The van der Waals surface area contributed by atoms with E-state index in [0.29, 0.717) is 0 Å². The minimum atomic E-state index is -1.82. The number of hydrogen-bond donors (Lipinski definition) is 5. The van der Waals surface area contributed by atoms with Crippen molar-refractivity contribution in [1.29, 1.82) is 0 Å². The lowest BCUT2D eigenvalue weighted by Crippen LogP contribution is -2.09. The maximum Gasteiger partial charge on any atom is 0.414 e. The van der Waals surface area contributed by atoms with Crippen molar-refractivity contribution < 1.29 is 39.6 Å². The minimum Gasteiger partial charge on any atom is -0.473 e. The van der Waals surface area contributed by atoms with Crippen molar-refractivity contribution in [3.05, 3.63) is 0 Å². The van der Waals surface area contributed by atoms with Crippen LogP contribution < -0.4 is 5.73 Å². The Morgan fingerprint density at radius 1 is 0.812 bits per heavy atom. The Hall–Kier alpha value is -2.16. The van der Waals surface area contributed by atoms with Crippen LogP contribution in [0.15, 0.2) is 0 Å². The first-order valence-corrected chi connectivity index (χ1v) is 3.83. The molecule has 0 saturated carbocycles. The van der Waals surface area contributed by atoms with Crippen molar-refractivity contribution in [3.63, 3.8) is 0 Å². The number of aliphatic carboxylic acids is 4. The number of nitrogens with two attached hydrogens (primary N) is 1. The van der Waals surface area contributed by atoms with Crippen LogP contribution in [-0.2, 0) is 19.2 Å². The second-order valence-corrected chi connectivity index (χ2v) is 2.01. The molecule has 6 N–H and O–H groups in total. The monoisotopic (exact) mass is 239 g/mol. The van der Waals surface area contributed by atoms with Crippen LogP contribution in [0.1, 0.15) is 13.3 Å². The van der Waals surface area contributed by atoms with Crippen molar-refractivity contribution in [2.75, 3.05) is 6.54 Å². The van der Waals surface area contributed by atoms with E-state index in [1.54, 1.807) is 0 Å². The molecule has 9 heteroatoms. The van der Waals surface area contributed by atoms with Gasteiger partial charge in [-0.2, -0.15) is 0 Å². The summed E-state index contributed by atoms with van der Waals surface area (Å²) in [6, 6.07) is 0. The van der Waals surface area contributed by atoms with Crippen LogP contribution in [0, 0.1) is 0 Å². The van der Waals surface area contributed by atoms with E-state index in [9.17, 15) is 0 Å². The molecule has 16 heavy (non-hydrogen) atoms. The van der Waals surface area contributed by atoms with Crippen molar-refractivity contribution in [3.8, 4) is 0 Å². The Balaban J connectivity index is -0.000000162. The second kappa shape index (κ2) is 12.8. The summed E-state index contributed by atoms with van der Waals surface area (Å²) in [7, 11) is 0. The first-order valence-electron chi connectivity index (χ1n) is 3.83. The van der Waals surface area contributed by atoms with Crippen molar-refractivity contribution >= 4 is 23.9 Å². The zero-order valence-electron chi connectivity index (χ0n) is 8.41. The molecule has 0 heterocycles. The summed E-state index contributed by atoms with van der Waals surface area (Å²) in [6.45, 7) is 2.88. The Morgan fingerprint density at radius 2 is 0.938 bits per heavy atom. The summed E-state index contributed by atoms with van der Waals surface area (Å²) < 4.78 is 0. The third-order valence-corrected chi connectivity index (χ3v) is 0.655. The average Bonchev–Trinajstić information content (AvgIpc) is 2.18. The molecule has 0 fully saturated rings. The van der Waals surface area contributed by atoms with Crippen LogP contribution in [0.3, 0.4) is 0 Å². The number of carboxylic acid groups (broad SMARTS) is 4. The van der Waals surface area contributed by atoms with Crippen LogP contribution in [-0.4, -0.2) is 50.8 Å². The normalized spacial score (nSPS) is 7.38. The van der Waals surface area contributed by atoms with Gasteiger partial charge in [-0.05, 0) is 13.0 Å². The molecule has 0 unspecified atom stereocenters. The predicted octanol–water partition coefficient (Wildman–Crippen LogP) is -1.33. The molecule has 9 nitrogen and oxygen atoms in total. The zero-order valence-corrected chi connectivity index (χ0v) is 8.41. The summed E-state index contributed by atoms with van der Waals surface area (Å²) in [5, 5.41) is 29.6. The van der Waals surface area contributed by atoms with Gasteiger partial charge < -0.3 is 26.2 Å². The van der Waals surface area contributed by atoms with E-state index in [4.69, 9.17) is 45.3 Å². The van der Waals surface area contributed by atoms with Gasteiger partial charge in [-0.3, -0.25) is 0 Å².